The minimum atomic E-state index is -0.614. The van der Waals surface area contributed by atoms with Crippen LogP contribution in [-0.4, -0.2) is 35.1 Å². The fraction of sp³-hybridized carbons (Fsp3) is 0.478. The maximum Gasteiger partial charge on any atom is 0.330 e. The highest BCUT2D eigenvalue weighted by molar-refractivity contribution is 5.96. The number of nitrogens with two attached hydrogens (primary N) is 1. The second-order valence-corrected chi connectivity index (χ2v) is 8.06. The number of hydrogen-bond donors (Lipinski definition) is 2. The van der Waals surface area contributed by atoms with E-state index >= 15 is 0 Å². The maximum absolute atomic E-state index is 13.3. The minimum absolute atomic E-state index is 0.0592. The Balaban J connectivity index is 2.46. The average molecular weight is 441 g/mol. The molecule has 32 heavy (non-hydrogen) atoms. The number of aromatic amines is 1. The van der Waals surface area contributed by atoms with Crippen molar-refractivity contribution in [2.75, 3.05) is 35.2 Å². The Bertz CT molecular complexity index is 1050. The Morgan fingerprint density at radius 1 is 1.25 bits per heavy atom. The predicted molar refractivity (Wildman–Crippen MR) is 127 cm³/mol. The molecule has 9 heteroatoms. The molecule has 1 heterocycles. The number of nitrogen functional groups attached to an aromatic ring is 1. The molecule has 2 aromatic rings. The number of carbonyl (C=O) groups is 1. The fourth-order valence-electron chi connectivity index (χ4n) is 3.51. The number of nitrogens with one attached hydrogen (secondary N) is 1. The molecule has 0 spiro atoms. The molecular formula is C23H32N6O3. The number of nitriles is 1. The molecule has 2 rings (SSSR count). The number of rotatable bonds is 11. The van der Waals surface area contributed by atoms with Crippen LogP contribution in [-0.2, 0) is 11.3 Å². The molecule has 0 saturated heterocycles. The van der Waals surface area contributed by atoms with Gasteiger partial charge in [-0.05, 0) is 24.5 Å². The monoisotopic (exact) mass is 440 g/mol. The van der Waals surface area contributed by atoms with Crippen LogP contribution < -0.4 is 26.8 Å². The number of hydrogen-bond acceptors (Lipinski definition) is 6. The lowest BCUT2D eigenvalue weighted by Gasteiger charge is -2.30. The zero-order chi connectivity index (χ0) is 23.7. The van der Waals surface area contributed by atoms with E-state index in [1.54, 1.807) is 17.0 Å². The largest absolute Gasteiger partial charge is 0.383 e. The summed E-state index contributed by atoms with van der Waals surface area (Å²) in [6.07, 6.45) is 1.77. The van der Waals surface area contributed by atoms with Gasteiger partial charge in [0.15, 0.2) is 0 Å². The average Bonchev–Trinajstić information content (AvgIpc) is 2.74. The molecular weight excluding hydrogens is 408 g/mol. The third kappa shape index (κ3) is 6.23. The Morgan fingerprint density at radius 3 is 2.53 bits per heavy atom. The van der Waals surface area contributed by atoms with E-state index in [-0.39, 0.29) is 42.8 Å². The van der Waals surface area contributed by atoms with Crippen LogP contribution in [0.5, 0.6) is 0 Å². The summed E-state index contributed by atoms with van der Waals surface area (Å²) in [6.45, 7) is 6.84. The van der Waals surface area contributed by atoms with Gasteiger partial charge in [0.1, 0.15) is 11.5 Å². The Kier molecular flexibility index (Phi) is 9.08. The lowest BCUT2D eigenvalue weighted by atomic mass is 10.2. The van der Waals surface area contributed by atoms with Crippen molar-refractivity contribution in [2.24, 2.45) is 5.92 Å². The van der Waals surface area contributed by atoms with Crippen molar-refractivity contribution in [1.29, 1.82) is 5.26 Å². The van der Waals surface area contributed by atoms with Crippen LogP contribution >= 0.6 is 0 Å². The van der Waals surface area contributed by atoms with E-state index in [0.29, 0.717) is 18.8 Å². The highest BCUT2D eigenvalue weighted by Gasteiger charge is 2.24. The Labute approximate surface area is 188 Å². The van der Waals surface area contributed by atoms with Crippen LogP contribution in [0.1, 0.15) is 40.0 Å². The second-order valence-electron chi connectivity index (χ2n) is 8.06. The lowest BCUT2D eigenvalue weighted by molar-refractivity contribution is -0.117. The van der Waals surface area contributed by atoms with E-state index in [1.807, 2.05) is 39.0 Å². The summed E-state index contributed by atoms with van der Waals surface area (Å²) in [5.41, 5.74) is 5.90. The SMILES string of the molecule is CCCCn1c(N)c(N(CC(=O)N(CCC#N)c2ccccc2)CC(C)C)c(=O)[nH]c1=O. The van der Waals surface area contributed by atoms with Gasteiger partial charge in [-0.3, -0.25) is 19.1 Å². The standard InChI is InChI=1S/C23H32N6O3/c1-4-5-13-29-21(25)20(22(31)26-23(29)32)27(15-17(2)3)16-19(30)28(14-9-12-24)18-10-7-6-8-11-18/h6-8,10-11,17H,4-5,9,13-16,25H2,1-3H3,(H,26,31,32). The summed E-state index contributed by atoms with van der Waals surface area (Å²) in [5.74, 6) is -0.0805. The summed E-state index contributed by atoms with van der Waals surface area (Å²) < 4.78 is 1.35. The normalized spacial score (nSPS) is 10.7. The molecule has 0 atom stereocenters. The molecule has 172 valence electrons. The van der Waals surface area contributed by atoms with E-state index in [4.69, 9.17) is 11.0 Å². The number of unbranched alkanes of at least 4 members (excludes halogenated alkanes) is 1. The molecule has 3 N–H and O–H groups in total. The van der Waals surface area contributed by atoms with Crippen molar-refractivity contribution in [3.63, 3.8) is 0 Å². The van der Waals surface area contributed by atoms with E-state index in [2.05, 4.69) is 11.1 Å². The number of anilines is 3. The van der Waals surface area contributed by atoms with Crippen molar-refractivity contribution in [1.82, 2.24) is 9.55 Å². The third-order valence-electron chi connectivity index (χ3n) is 4.99. The molecule has 0 radical (unpaired) electrons. The zero-order valence-corrected chi connectivity index (χ0v) is 19.0. The van der Waals surface area contributed by atoms with Gasteiger partial charge in [-0.2, -0.15) is 5.26 Å². The number of benzene rings is 1. The molecule has 9 nitrogen and oxygen atoms in total. The highest BCUT2D eigenvalue weighted by atomic mass is 16.2. The molecule has 0 aliphatic heterocycles. The minimum Gasteiger partial charge on any atom is -0.383 e. The smallest absolute Gasteiger partial charge is 0.330 e. The van der Waals surface area contributed by atoms with Crippen molar-refractivity contribution >= 4 is 23.1 Å². The van der Waals surface area contributed by atoms with Crippen molar-refractivity contribution in [3.05, 3.63) is 51.2 Å². The molecule has 0 saturated carbocycles. The number of H-pyrrole nitrogens is 1. The molecule has 0 aliphatic carbocycles. The Morgan fingerprint density at radius 2 is 1.94 bits per heavy atom. The highest BCUT2D eigenvalue weighted by Crippen LogP contribution is 2.20. The predicted octanol–water partition coefficient (Wildman–Crippen LogP) is 2.33. The van der Waals surface area contributed by atoms with Crippen molar-refractivity contribution < 1.29 is 4.79 Å². The quantitative estimate of drug-likeness (QED) is 0.552. The van der Waals surface area contributed by atoms with Gasteiger partial charge in [0.05, 0.1) is 19.0 Å². The Hall–Kier alpha value is -3.54. The number of carbonyl (C=O) groups excluding carboxylic acids is 1. The van der Waals surface area contributed by atoms with Crippen LogP contribution in [0.2, 0.25) is 0 Å². The molecule has 0 unspecified atom stereocenters. The molecule has 1 amide bonds. The molecule has 0 bridgehead atoms. The molecule has 0 aliphatic rings. The van der Waals surface area contributed by atoms with E-state index in [1.165, 1.54) is 9.47 Å². The van der Waals surface area contributed by atoms with Crippen LogP contribution in [0.25, 0.3) is 0 Å². The zero-order valence-electron chi connectivity index (χ0n) is 19.0. The lowest BCUT2D eigenvalue weighted by Crippen LogP contribution is -2.46. The number of para-hydroxylation sites is 1. The van der Waals surface area contributed by atoms with Crippen LogP contribution in [0.3, 0.4) is 0 Å². The number of nitrogens with zero attached hydrogens (tertiary/aromatic N) is 4. The summed E-state index contributed by atoms with van der Waals surface area (Å²) in [6, 6.07) is 11.2. The molecule has 0 fully saturated rings. The van der Waals surface area contributed by atoms with Gasteiger partial charge in [0, 0.05) is 25.3 Å². The van der Waals surface area contributed by atoms with E-state index in [9.17, 15) is 14.4 Å². The van der Waals surface area contributed by atoms with E-state index in [0.717, 1.165) is 12.8 Å². The third-order valence-corrected chi connectivity index (χ3v) is 4.99. The second kappa shape index (κ2) is 11.7. The van der Waals surface area contributed by atoms with E-state index < -0.39 is 11.2 Å². The molecule has 1 aromatic heterocycles. The fourth-order valence-corrected chi connectivity index (χ4v) is 3.51. The topological polar surface area (TPSA) is 128 Å². The van der Waals surface area contributed by atoms with Crippen LogP contribution in [0.15, 0.2) is 39.9 Å². The number of aromatic nitrogens is 2. The summed E-state index contributed by atoms with van der Waals surface area (Å²) >= 11 is 0. The van der Waals surface area contributed by atoms with Crippen LogP contribution in [0, 0.1) is 17.2 Å². The first-order valence-electron chi connectivity index (χ1n) is 10.9. The van der Waals surface area contributed by atoms with Gasteiger partial charge in [0.2, 0.25) is 5.91 Å². The summed E-state index contributed by atoms with van der Waals surface area (Å²) in [5, 5.41) is 9.03. The van der Waals surface area contributed by atoms with Gasteiger partial charge in [-0.1, -0.05) is 45.4 Å². The van der Waals surface area contributed by atoms with Crippen LogP contribution in [0.4, 0.5) is 17.2 Å². The van der Waals surface area contributed by atoms with Gasteiger partial charge in [-0.25, -0.2) is 4.79 Å². The molecule has 1 aromatic carbocycles. The van der Waals surface area contributed by atoms with Crippen molar-refractivity contribution in [3.8, 4) is 6.07 Å². The van der Waals surface area contributed by atoms with Gasteiger partial charge in [0.25, 0.3) is 5.56 Å². The van der Waals surface area contributed by atoms with Gasteiger partial charge >= 0.3 is 5.69 Å². The first-order valence-corrected chi connectivity index (χ1v) is 10.9. The van der Waals surface area contributed by atoms with Crippen molar-refractivity contribution in [2.45, 2.75) is 46.6 Å². The first-order chi connectivity index (χ1) is 15.3. The van der Waals surface area contributed by atoms with Gasteiger partial charge < -0.3 is 15.5 Å². The summed E-state index contributed by atoms with van der Waals surface area (Å²) in [4.78, 5) is 43.9. The van der Waals surface area contributed by atoms with Gasteiger partial charge in [-0.15, -0.1) is 0 Å². The maximum atomic E-state index is 13.3. The summed E-state index contributed by atoms with van der Waals surface area (Å²) in [7, 11) is 0. The number of amides is 1. The first kappa shape index (κ1) is 24.7.